The zero-order valence-electron chi connectivity index (χ0n) is 12.4. The van der Waals surface area contributed by atoms with E-state index < -0.39 is 0 Å². The molecule has 2 rings (SSSR count). The van der Waals surface area contributed by atoms with Gasteiger partial charge in [-0.05, 0) is 72.5 Å². The second-order valence-corrected chi connectivity index (χ2v) is 6.93. The number of benzene rings is 2. The van der Waals surface area contributed by atoms with E-state index in [0.29, 0.717) is 0 Å². The molecule has 0 heterocycles. The van der Waals surface area contributed by atoms with Gasteiger partial charge in [0.25, 0.3) is 0 Å². The molecule has 0 fully saturated rings. The number of ketones is 1. The first kappa shape index (κ1) is 16.9. The Morgan fingerprint density at radius 1 is 0.818 bits per heavy atom. The summed E-state index contributed by atoms with van der Waals surface area (Å²) in [6.45, 7) is 3.70. The molecule has 2 aromatic carbocycles. The van der Waals surface area contributed by atoms with Gasteiger partial charge in [-0.15, -0.1) is 0 Å². The first-order valence-corrected chi connectivity index (χ1v) is 8.47. The smallest absolute Gasteiger partial charge is 0.184 e. The molecule has 0 amide bonds. The number of hydrogen-bond acceptors (Lipinski definition) is 1. The Morgan fingerprint density at radius 2 is 1.23 bits per heavy atom. The highest BCUT2D eigenvalue weighted by Gasteiger charge is 2.07. The largest absolute Gasteiger partial charge is 0.289 e. The third kappa shape index (κ3) is 4.79. The van der Waals surface area contributed by atoms with E-state index in [1.165, 1.54) is 0 Å². The van der Waals surface area contributed by atoms with Crippen molar-refractivity contribution in [3.8, 4) is 0 Å². The van der Waals surface area contributed by atoms with Crippen LogP contribution in [0.2, 0.25) is 0 Å². The van der Waals surface area contributed by atoms with Crippen LogP contribution in [-0.2, 0) is 4.79 Å². The predicted octanol–water partition coefficient (Wildman–Crippen LogP) is 6.29. The monoisotopic (exact) mass is 418 g/mol. The van der Waals surface area contributed by atoms with E-state index in [-0.39, 0.29) is 5.78 Å². The highest BCUT2D eigenvalue weighted by molar-refractivity contribution is 9.10. The average molecular weight is 420 g/mol. The number of rotatable bonds is 4. The molecule has 0 aliphatic heterocycles. The molecule has 0 saturated heterocycles. The molecule has 1 nitrogen and oxygen atoms in total. The molecule has 2 aromatic rings. The highest BCUT2D eigenvalue weighted by atomic mass is 79.9. The van der Waals surface area contributed by atoms with Crippen LogP contribution in [-0.4, -0.2) is 5.78 Å². The van der Waals surface area contributed by atoms with Crippen molar-refractivity contribution in [2.45, 2.75) is 13.8 Å². The van der Waals surface area contributed by atoms with E-state index in [2.05, 4.69) is 31.9 Å². The van der Waals surface area contributed by atoms with Crippen molar-refractivity contribution in [1.82, 2.24) is 0 Å². The van der Waals surface area contributed by atoms with Crippen molar-refractivity contribution in [3.63, 3.8) is 0 Å². The van der Waals surface area contributed by atoms with Crippen LogP contribution in [0.5, 0.6) is 0 Å². The molecule has 22 heavy (non-hydrogen) atoms. The maximum absolute atomic E-state index is 12.5. The van der Waals surface area contributed by atoms with E-state index >= 15 is 0 Å². The molecule has 0 N–H and O–H groups in total. The van der Waals surface area contributed by atoms with Crippen LogP contribution in [0.4, 0.5) is 0 Å². The summed E-state index contributed by atoms with van der Waals surface area (Å²) in [7, 11) is 0. The van der Waals surface area contributed by atoms with Crippen molar-refractivity contribution in [3.05, 3.63) is 79.7 Å². The van der Waals surface area contributed by atoms with Crippen LogP contribution in [0.3, 0.4) is 0 Å². The molecule has 112 valence electrons. The van der Waals surface area contributed by atoms with E-state index in [1.807, 2.05) is 74.5 Å². The first-order valence-electron chi connectivity index (χ1n) is 6.88. The lowest BCUT2D eigenvalue weighted by Crippen LogP contribution is -2.01. The molecule has 0 unspecified atom stereocenters. The van der Waals surface area contributed by atoms with E-state index in [4.69, 9.17) is 0 Å². The minimum absolute atomic E-state index is 0.0555. The summed E-state index contributed by atoms with van der Waals surface area (Å²) < 4.78 is 2.01. The van der Waals surface area contributed by atoms with Crippen LogP contribution in [0.25, 0.3) is 12.2 Å². The zero-order chi connectivity index (χ0) is 16.1. The number of allylic oxidation sites excluding steroid dienone is 2. The Balaban J connectivity index is 2.23. The quantitative estimate of drug-likeness (QED) is 0.532. The Kier molecular flexibility index (Phi) is 5.92. The minimum atomic E-state index is 0.0555. The number of halogens is 2. The number of carbonyl (C=O) groups excluding carboxylic acids is 1. The van der Waals surface area contributed by atoms with Gasteiger partial charge < -0.3 is 0 Å². The van der Waals surface area contributed by atoms with Gasteiger partial charge in [-0.25, -0.2) is 0 Å². The lowest BCUT2D eigenvalue weighted by molar-refractivity contribution is -0.112. The number of hydrogen-bond donors (Lipinski definition) is 0. The fourth-order valence-corrected chi connectivity index (χ4v) is 2.97. The fourth-order valence-electron chi connectivity index (χ4n) is 2.13. The summed E-state index contributed by atoms with van der Waals surface area (Å²) in [6.07, 6.45) is 3.82. The van der Waals surface area contributed by atoms with Crippen molar-refractivity contribution < 1.29 is 4.79 Å². The van der Waals surface area contributed by atoms with Crippen molar-refractivity contribution in [1.29, 1.82) is 0 Å². The number of Topliss-reactive ketones (excluding diaryl/α,β-unsaturated/α-hetero) is 1. The van der Waals surface area contributed by atoms with Gasteiger partial charge in [-0.1, -0.05) is 56.1 Å². The summed E-state index contributed by atoms with van der Waals surface area (Å²) in [5.74, 6) is 0.0555. The summed E-state index contributed by atoms with van der Waals surface area (Å²) in [4.78, 5) is 12.5. The fraction of sp³-hybridized carbons (Fsp3) is 0.105. The molecule has 0 saturated carbocycles. The SMILES string of the molecule is C/C(=C\c1cccc(Br)c1)C(=O)/C(C)=C/c1cccc(Br)c1. The van der Waals surface area contributed by atoms with Crippen LogP contribution in [0.1, 0.15) is 25.0 Å². The molecule has 0 aliphatic rings. The topological polar surface area (TPSA) is 17.1 Å². The lowest BCUT2D eigenvalue weighted by atomic mass is 10.0. The Morgan fingerprint density at radius 3 is 1.59 bits per heavy atom. The molecular weight excluding hydrogens is 404 g/mol. The van der Waals surface area contributed by atoms with Gasteiger partial charge >= 0.3 is 0 Å². The minimum Gasteiger partial charge on any atom is -0.289 e. The van der Waals surface area contributed by atoms with Gasteiger partial charge in [0.1, 0.15) is 0 Å². The molecule has 0 radical (unpaired) electrons. The first-order chi connectivity index (χ1) is 10.5. The summed E-state index contributed by atoms with van der Waals surface area (Å²) in [5, 5.41) is 0. The van der Waals surface area contributed by atoms with Gasteiger partial charge in [-0.2, -0.15) is 0 Å². The van der Waals surface area contributed by atoms with E-state index in [1.54, 1.807) is 0 Å². The molecular formula is C19H16Br2O. The van der Waals surface area contributed by atoms with Gasteiger partial charge in [0.15, 0.2) is 5.78 Å². The Labute approximate surface area is 148 Å². The Bertz CT molecular complexity index is 694. The molecule has 0 spiro atoms. The van der Waals surface area contributed by atoms with Crippen LogP contribution >= 0.6 is 31.9 Å². The normalized spacial score (nSPS) is 12.4. The van der Waals surface area contributed by atoms with E-state index in [0.717, 1.165) is 31.2 Å². The molecule has 0 atom stereocenters. The summed E-state index contributed by atoms with van der Waals surface area (Å²) in [5.41, 5.74) is 3.47. The van der Waals surface area contributed by atoms with Crippen molar-refractivity contribution >= 4 is 49.8 Å². The molecule has 0 aliphatic carbocycles. The lowest BCUT2D eigenvalue weighted by Gasteiger charge is -2.03. The third-order valence-corrected chi connectivity index (χ3v) is 4.17. The van der Waals surface area contributed by atoms with E-state index in [9.17, 15) is 4.79 Å². The summed E-state index contributed by atoms with van der Waals surface area (Å²) in [6, 6.07) is 15.8. The maximum atomic E-state index is 12.5. The second kappa shape index (κ2) is 7.70. The van der Waals surface area contributed by atoms with Gasteiger partial charge in [0, 0.05) is 8.95 Å². The van der Waals surface area contributed by atoms with Crippen LogP contribution in [0.15, 0.2) is 68.6 Å². The average Bonchev–Trinajstić information content (AvgIpc) is 2.46. The van der Waals surface area contributed by atoms with Crippen LogP contribution < -0.4 is 0 Å². The number of carbonyl (C=O) groups is 1. The second-order valence-electron chi connectivity index (χ2n) is 5.09. The standard InChI is InChI=1S/C19H16Br2O/c1-13(9-15-5-3-7-17(20)11-15)19(22)14(2)10-16-6-4-8-18(21)12-16/h3-12H,1-2H3/b13-9+,14-10+. The zero-order valence-corrected chi connectivity index (χ0v) is 15.6. The van der Waals surface area contributed by atoms with Gasteiger partial charge in [-0.3, -0.25) is 4.79 Å². The Hall–Kier alpha value is -1.45. The molecule has 3 heteroatoms. The van der Waals surface area contributed by atoms with Gasteiger partial charge in [0.2, 0.25) is 0 Å². The highest BCUT2D eigenvalue weighted by Crippen LogP contribution is 2.18. The van der Waals surface area contributed by atoms with Crippen molar-refractivity contribution in [2.75, 3.05) is 0 Å². The van der Waals surface area contributed by atoms with Crippen LogP contribution in [0, 0.1) is 0 Å². The molecule has 0 aromatic heterocycles. The predicted molar refractivity (Wildman–Crippen MR) is 101 cm³/mol. The van der Waals surface area contributed by atoms with Crippen molar-refractivity contribution in [2.24, 2.45) is 0 Å². The van der Waals surface area contributed by atoms with Gasteiger partial charge in [0.05, 0.1) is 0 Å². The third-order valence-electron chi connectivity index (χ3n) is 3.18. The maximum Gasteiger partial charge on any atom is 0.184 e. The summed E-state index contributed by atoms with van der Waals surface area (Å²) >= 11 is 6.88. The molecule has 0 bridgehead atoms.